The van der Waals surface area contributed by atoms with Gasteiger partial charge in [-0.2, -0.15) is 0 Å². The summed E-state index contributed by atoms with van der Waals surface area (Å²) in [7, 11) is 0. The summed E-state index contributed by atoms with van der Waals surface area (Å²) in [6.07, 6.45) is 6.89. The minimum atomic E-state index is -1.20. The lowest BCUT2D eigenvalue weighted by Gasteiger charge is -2.18. The minimum absolute atomic E-state index is 0.306. The van der Waals surface area contributed by atoms with E-state index in [4.69, 9.17) is 11.6 Å². The third-order valence-corrected chi connectivity index (χ3v) is 3.17. The number of nitrogens with zero attached hydrogens (tertiary/aromatic N) is 1. The average molecular weight is 236 g/mol. The van der Waals surface area contributed by atoms with Gasteiger partial charge in [-0.25, -0.2) is 0 Å². The molecule has 0 unspecified atom stereocenters. The molecule has 0 radical (unpaired) electrons. The molecule has 0 aromatic rings. The summed E-state index contributed by atoms with van der Waals surface area (Å²) >= 11 is 6.05. The highest BCUT2D eigenvalue weighted by molar-refractivity contribution is 6.22. The van der Waals surface area contributed by atoms with Gasteiger partial charge in [0.05, 0.1) is 0 Å². The van der Waals surface area contributed by atoms with E-state index >= 15 is 0 Å². The van der Waals surface area contributed by atoms with E-state index < -0.39 is 5.00 Å². The van der Waals surface area contributed by atoms with Crippen molar-refractivity contribution >= 4 is 11.6 Å². The highest BCUT2D eigenvalue weighted by Crippen LogP contribution is 2.29. The minimum Gasteiger partial charge on any atom is -0.263 e. The van der Waals surface area contributed by atoms with Crippen molar-refractivity contribution in [2.75, 3.05) is 0 Å². The largest absolute Gasteiger partial charge is 0.294 e. The molecule has 0 saturated heterocycles. The quantitative estimate of drug-likeness (QED) is 0.196. The van der Waals surface area contributed by atoms with E-state index in [0.717, 1.165) is 38.5 Å². The number of nitro groups is 1. The SMILES string of the molecule is CCCCCC(Cl)(CCCCC)[N+](=O)[O-]. The molecule has 0 aliphatic carbocycles. The number of hydrogen-bond donors (Lipinski definition) is 0. The Kier molecular flexibility index (Phi) is 7.75. The van der Waals surface area contributed by atoms with Crippen LogP contribution in [-0.4, -0.2) is 9.92 Å². The molecular formula is C11H22ClNO2. The molecule has 0 spiro atoms. The van der Waals surface area contributed by atoms with E-state index in [9.17, 15) is 10.1 Å². The van der Waals surface area contributed by atoms with Crippen molar-refractivity contribution in [2.24, 2.45) is 0 Å². The smallest absolute Gasteiger partial charge is 0.263 e. The third kappa shape index (κ3) is 5.98. The zero-order chi connectivity index (χ0) is 11.7. The number of alkyl halides is 1. The van der Waals surface area contributed by atoms with E-state index in [1.807, 2.05) is 0 Å². The van der Waals surface area contributed by atoms with Crippen LogP contribution in [0.5, 0.6) is 0 Å². The summed E-state index contributed by atoms with van der Waals surface area (Å²) in [6, 6.07) is 0. The summed E-state index contributed by atoms with van der Waals surface area (Å²) in [5, 5.41) is 10.9. The van der Waals surface area contributed by atoms with E-state index in [1.165, 1.54) is 0 Å². The number of unbranched alkanes of at least 4 members (excludes halogenated alkanes) is 4. The maximum atomic E-state index is 10.9. The number of hydrogen-bond acceptors (Lipinski definition) is 2. The van der Waals surface area contributed by atoms with E-state index in [-0.39, 0.29) is 4.92 Å². The second-order valence-electron chi connectivity index (χ2n) is 4.09. The normalized spacial score (nSPS) is 11.7. The van der Waals surface area contributed by atoms with Crippen LogP contribution in [0.1, 0.15) is 65.2 Å². The standard InChI is InChI=1S/C11H22ClNO2/c1-3-5-7-9-11(12,13(14)15)10-8-6-4-2/h3-10H2,1-2H3. The van der Waals surface area contributed by atoms with Crippen LogP contribution in [0.4, 0.5) is 0 Å². The van der Waals surface area contributed by atoms with Crippen molar-refractivity contribution in [3.63, 3.8) is 0 Å². The summed E-state index contributed by atoms with van der Waals surface area (Å²) in [5.74, 6) is 0. The van der Waals surface area contributed by atoms with E-state index in [0.29, 0.717) is 12.8 Å². The maximum Gasteiger partial charge on any atom is 0.294 e. The van der Waals surface area contributed by atoms with Crippen molar-refractivity contribution in [1.29, 1.82) is 0 Å². The molecule has 0 aromatic heterocycles. The second kappa shape index (κ2) is 7.91. The molecule has 0 aliphatic rings. The van der Waals surface area contributed by atoms with Crippen molar-refractivity contribution < 1.29 is 4.92 Å². The highest BCUT2D eigenvalue weighted by Gasteiger charge is 2.38. The van der Waals surface area contributed by atoms with Crippen LogP contribution in [0.15, 0.2) is 0 Å². The summed E-state index contributed by atoms with van der Waals surface area (Å²) in [5.41, 5.74) is 0. The molecule has 0 amide bonds. The molecule has 4 heteroatoms. The molecule has 0 rings (SSSR count). The van der Waals surface area contributed by atoms with Gasteiger partial charge in [-0.05, 0) is 24.4 Å². The molecule has 0 aliphatic heterocycles. The molecule has 0 bridgehead atoms. The van der Waals surface area contributed by atoms with E-state index in [2.05, 4.69) is 13.8 Å². The van der Waals surface area contributed by atoms with Crippen LogP contribution < -0.4 is 0 Å². The zero-order valence-corrected chi connectivity index (χ0v) is 10.6. The van der Waals surface area contributed by atoms with Crippen LogP contribution in [0, 0.1) is 10.1 Å². The van der Waals surface area contributed by atoms with Gasteiger partial charge in [-0.15, -0.1) is 0 Å². The van der Waals surface area contributed by atoms with Crippen LogP contribution in [0.2, 0.25) is 0 Å². The predicted molar refractivity (Wildman–Crippen MR) is 63.9 cm³/mol. The zero-order valence-electron chi connectivity index (χ0n) is 9.80. The Balaban J connectivity index is 4.01. The Morgan fingerprint density at radius 1 is 1.07 bits per heavy atom. The second-order valence-corrected chi connectivity index (χ2v) is 4.79. The first kappa shape index (κ1) is 14.7. The van der Waals surface area contributed by atoms with Gasteiger partial charge in [0.15, 0.2) is 0 Å². The molecule has 90 valence electrons. The van der Waals surface area contributed by atoms with Crippen LogP contribution >= 0.6 is 11.6 Å². The summed E-state index contributed by atoms with van der Waals surface area (Å²) in [6.45, 7) is 4.16. The van der Waals surface area contributed by atoms with Gasteiger partial charge < -0.3 is 0 Å². The molecule has 0 fully saturated rings. The Morgan fingerprint density at radius 2 is 1.47 bits per heavy atom. The molecule has 0 heterocycles. The Hall–Kier alpha value is -0.310. The lowest BCUT2D eigenvalue weighted by molar-refractivity contribution is -0.544. The number of rotatable bonds is 9. The monoisotopic (exact) mass is 235 g/mol. The lowest BCUT2D eigenvalue weighted by atomic mass is 10.0. The fourth-order valence-corrected chi connectivity index (χ4v) is 1.87. The van der Waals surface area contributed by atoms with Crippen LogP contribution in [0.3, 0.4) is 0 Å². The van der Waals surface area contributed by atoms with Crippen molar-refractivity contribution in [3.05, 3.63) is 10.1 Å². The first-order valence-electron chi connectivity index (χ1n) is 5.90. The Bertz CT molecular complexity index is 175. The fourth-order valence-electron chi connectivity index (χ4n) is 1.60. The Labute approximate surface area is 97.3 Å². The van der Waals surface area contributed by atoms with Crippen molar-refractivity contribution in [3.8, 4) is 0 Å². The molecular weight excluding hydrogens is 214 g/mol. The fraction of sp³-hybridized carbons (Fsp3) is 1.00. The van der Waals surface area contributed by atoms with Gasteiger partial charge in [0.25, 0.3) is 5.00 Å². The van der Waals surface area contributed by atoms with Gasteiger partial charge >= 0.3 is 0 Å². The van der Waals surface area contributed by atoms with Crippen molar-refractivity contribution in [2.45, 2.75) is 70.2 Å². The number of halogens is 1. The molecule has 0 atom stereocenters. The third-order valence-electron chi connectivity index (χ3n) is 2.65. The highest BCUT2D eigenvalue weighted by atomic mass is 35.5. The van der Waals surface area contributed by atoms with Gasteiger partial charge in [0.2, 0.25) is 0 Å². The average Bonchev–Trinajstić information content (AvgIpc) is 2.18. The Morgan fingerprint density at radius 3 is 1.73 bits per heavy atom. The van der Waals surface area contributed by atoms with Gasteiger partial charge in [-0.1, -0.05) is 39.5 Å². The van der Waals surface area contributed by atoms with Gasteiger partial charge in [0.1, 0.15) is 0 Å². The molecule has 3 nitrogen and oxygen atoms in total. The molecule has 0 aromatic carbocycles. The topological polar surface area (TPSA) is 43.1 Å². The van der Waals surface area contributed by atoms with Crippen molar-refractivity contribution in [1.82, 2.24) is 0 Å². The summed E-state index contributed by atoms with van der Waals surface area (Å²) in [4.78, 5) is 9.37. The van der Waals surface area contributed by atoms with Crippen LogP contribution in [0.25, 0.3) is 0 Å². The molecule has 0 N–H and O–H groups in total. The molecule has 15 heavy (non-hydrogen) atoms. The maximum absolute atomic E-state index is 10.9. The lowest BCUT2D eigenvalue weighted by Crippen LogP contribution is -2.31. The van der Waals surface area contributed by atoms with Gasteiger partial charge in [-0.3, -0.25) is 10.1 Å². The van der Waals surface area contributed by atoms with Crippen LogP contribution in [-0.2, 0) is 0 Å². The van der Waals surface area contributed by atoms with E-state index in [1.54, 1.807) is 0 Å². The predicted octanol–water partition coefficient (Wildman–Crippen LogP) is 4.36. The summed E-state index contributed by atoms with van der Waals surface area (Å²) < 4.78 is 0. The first-order chi connectivity index (χ1) is 7.06. The molecule has 0 saturated carbocycles. The first-order valence-corrected chi connectivity index (χ1v) is 6.28. The van der Waals surface area contributed by atoms with Gasteiger partial charge in [0, 0.05) is 17.8 Å².